The molecule has 2 aromatic carbocycles. The van der Waals surface area contributed by atoms with E-state index in [2.05, 4.69) is 34.5 Å². The van der Waals surface area contributed by atoms with E-state index in [1.54, 1.807) is 11.6 Å². The fraction of sp³-hybridized carbons (Fsp3) is 0.333. The smallest absolute Gasteiger partial charge is 0.329 e. The van der Waals surface area contributed by atoms with E-state index in [1.165, 1.54) is 23.1 Å². The number of carbonyl (C=O) groups excluding carboxylic acids is 1. The van der Waals surface area contributed by atoms with Crippen molar-refractivity contribution in [3.8, 4) is 0 Å². The summed E-state index contributed by atoms with van der Waals surface area (Å²) in [7, 11) is 1.72. The Morgan fingerprint density at radius 1 is 1.00 bits per heavy atom. The lowest BCUT2D eigenvalue weighted by molar-refractivity contribution is -0.121. The van der Waals surface area contributed by atoms with Crippen LogP contribution >= 0.6 is 0 Å². The second-order valence-corrected chi connectivity index (χ2v) is 7.05. The number of para-hydroxylation sites is 2. The summed E-state index contributed by atoms with van der Waals surface area (Å²) < 4.78 is 3.08. The van der Waals surface area contributed by atoms with Gasteiger partial charge in [0.05, 0.1) is 11.0 Å². The van der Waals surface area contributed by atoms with Crippen LogP contribution in [0.25, 0.3) is 11.0 Å². The molecule has 1 aliphatic heterocycles. The molecule has 0 spiro atoms. The third-order valence-corrected chi connectivity index (χ3v) is 5.25. The van der Waals surface area contributed by atoms with Crippen LogP contribution in [0.1, 0.15) is 18.4 Å². The highest BCUT2D eigenvalue weighted by Gasteiger charge is 2.14. The molecule has 1 N–H and O–H groups in total. The molecule has 4 rings (SSSR count). The molecular formula is C21H24N4O2. The van der Waals surface area contributed by atoms with Crippen LogP contribution in [-0.4, -0.2) is 28.1 Å². The summed E-state index contributed by atoms with van der Waals surface area (Å²) in [6, 6.07) is 15.8. The molecule has 2 heterocycles. The van der Waals surface area contributed by atoms with Gasteiger partial charge in [-0.2, -0.15) is 0 Å². The predicted molar refractivity (Wildman–Crippen MR) is 107 cm³/mol. The number of aryl methyl sites for hydroxylation is 1. The number of anilines is 1. The van der Waals surface area contributed by atoms with E-state index in [4.69, 9.17) is 0 Å². The zero-order valence-electron chi connectivity index (χ0n) is 15.5. The van der Waals surface area contributed by atoms with Gasteiger partial charge in [-0.25, -0.2) is 4.79 Å². The maximum atomic E-state index is 12.4. The van der Waals surface area contributed by atoms with Crippen molar-refractivity contribution in [1.29, 1.82) is 0 Å². The third-order valence-electron chi connectivity index (χ3n) is 5.25. The molecule has 6 nitrogen and oxygen atoms in total. The molecule has 1 amide bonds. The first-order chi connectivity index (χ1) is 13.1. The monoisotopic (exact) mass is 364 g/mol. The van der Waals surface area contributed by atoms with E-state index in [1.807, 2.05) is 24.3 Å². The minimum atomic E-state index is -0.179. The lowest BCUT2D eigenvalue weighted by Gasteiger charge is -2.17. The normalized spacial score (nSPS) is 14.0. The van der Waals surface area contributed by atoms with Gasteiger partial charge in [0.2, 0.25) is 5.91 Å². The molecule has 27 heavy (non-hydrogen) atoms. The van der Waals surface area contributed by atoms with Gasteiger partial charge < -0.3 is 10.2 Å². The Labute approximate surface area is 158 Å². The Balaban J connectivity index is 1.40. The van der Waals surface area contributed by atoms with Crippen LogP contribution in [-0.2, 0) is 24.9 Å². The zero-order chi connectivity index (χ0) is 18.8. The Morgan fingerprint density at radius 3 is 2.37 bits per heavy atom. The molecular weight excluding hydrogens is 340 g/mol. The molecule has 0 atom stereocenters. The van der Waals surface area contributed by atoms with Gasteiger partial charge in [-0.15, -0.1) is 0 Å². The van der Waals surface area contributed by atoms with Crippen LogP contribution in [0.2, 0.25) is 0 Å². The number of imidazole rings is 1. The van der Waals surface area contributed by atoms with E-state index in [0.717, 1.165) is 29.7 Å². The molecule has 0 radical (unpaired) electrons. The minimum absolute atomic E-state index is 0.0199. The quantitative estimate of drug-likeness (QED) is 0.755. The molecule has 6 heteroatoms. The molecule has 1 aliphatic rings. The largest absolute Gasteiger partial charge is 0.372 e. The maximum Gasteiger partial charge on any atom is 0.329 e. The Morgan fingerprint density at radius 2 is 1.67 bits per heavy atom. The van der Waals surface area contributed by atoms with Crippen molar-refractivity contribution in [3.63, 3.8) is 0 Å². The summed E-state index contributed by atoms with van der Waals surface area (Å²) in [5, 5.41) is 2.92. The van der Waals surface area contributed by atoms with Gasteiger partial charge in [-0.3, -0.25) is 13.9 Å². The fourth-order valence-electron chi connectivity index (χ4n) is 3.72. The van der Waals surface area contributed by atoms with Crippen LogP contribution in [0.5, 0.6) is 0 Å². The lowest BCUT2D eigenvalue weighted by Crippen LogP contribution is -2.32. The number of benzene rings is 2. The highest BCUT2D eigenvalue weighted by atomic mass is 16.2. The average molecular weight is 364 g/mol. The fourth-order valence-corrected chi connectivity index (χ4v) is 3.72. The Kier molecular flexibility index (Phi) is 4.71. The number of amides is 1. The summed E-state index contributed by atoms with van der Waals surface area (Å²) in [4.78, 5) is 27.2. The molecule has 3 aromatic rings. The van der Waals surface area contributed by atoms with Crippen LogP contribution in [0.15, 0.2) is 53.3 Å². The van der Waals surface area contributed by atoms with E-state index >= 15 is 0 Å². The average Bonchev–Trinajstić information content (AvgIpc) is 3.31. The number of aromatic nitrogens is 2. The molecule has 0 aliphatic carbocycles. The molecule has 1 fully saturated rings. The highest BCUT2D eigenvalue weighted by Crippen LogP contribution is 2.20. The number of hydrogen-bond donors (Lipinski definition) is 1. The van der Waals surface area contributed by atoms with Crippen LogP contribution in [0, 0.1) is 0 Å². The van der Waals surface area contributed by atoms with Crippen LogP contribution in [0.3, 0.4) is 0 Å². The highest BCUT2D eigenvalue weighted by molar-refractivity contribution is 5.80. The van der Waals surface area contributed by atoms with Gasteiger partial charge in [0, 0.05) is 32.4 Å². The minimum Gasteiger partial charge on any atom is -0.372 e. The van der Waals surface area contributed by atoms with Crippen molar-refractivity contribution < 1.29 is 4.79 Å². The SMILES string of the molecule is Cn1c(=O)n(CC(=O)NCc2ccc(N3CCCC3)cc2)c2ccccc21. The van der Waals surface area contributed by atoms with Crippen molar-refractivity contribution in [2.24, 2.45) is 7.05 Å². The van der Waals surface area contributed by atoms with Crippen molar-refractivity contribution in [2.45, 2.75) is 25.9 Å². The van der Waals surface area contributed by atoms with Crippen LogP contribution in [0.4, 0.5) is 5.69 Å². The molecule has 1 aromatic heterocycles. The predicted octanol–water partition coefficient (Wildman–Crippen LogP) is 2.26. The first-order valence-electron chi connectivity index (χ1n) is 9.38. The summed E-state index contributed by atoms with van der Waals surface area (Å²) in [5.74, 6) is -0.169. The number of nitrogens with zero attached hydrogens (tertiary/aromatic N) is 3. The summed E-state index contributed by atoms with van der Waals surface area (Å²) in [6.45, 7) is 2.72. The molecule has 0 saturated carbocycles. The van der Waals surface area contributed by atoms with Gasteiger partial charge >= 0.3 is 5.69 Å². The Bertz CT molecular complexity index is 1010. The first kappa shape index (κ1) is 17.4. The molecule has 0 unspecified atom stereocenters. The van der Waals surface area contributed by atoms with E-state index in [9.17, 15) is 9.59 Å². The number of hydrogen-bond acceptors (Lipinski definition) is 3. The number of carbonyl (C=O) groups is 1. The van der Waals surface area contributed by atoms with Crippen molar-refractivity contribution >= 4 is 22.6 Å². The zero-order valence-corrected chi connectivity index (χ0v) is 15.5. The van der Waals surface area contributed by atoms with Gasteiger partial charge in [-0.1, -0.05) is 24.3 Å². The third kappa shape index (κ3) is 3.47. The van der Waals surface area contributed by atoms with Crippen molar-refractivity contribution in [3.05, 3.63) is 64.6 Å². The van der Waals surface area contributed by atoms with Crippen LogP contribution < -0.4 is 15.9 Å². The van der Waals surface area contributed by atoms with Gasteiger partial charge in [-0.05, 0) is 42.7 Å². The second kappa shape index (κ2) is 7.31. The Hall–Kier alpha value is -3.02. The first-order valence-corrected chi connectivity index (χ1v) is 9.38. The number of fused-ring (bicyclic) bond motifs is 1. The number of nitrogens with one attached hydrogen (secondary N) is 1. The van der Waals surface area contributed by atoms with Gasteiger partial charge in [0.1, 0.15) is 6.54 Å². The summed E-state index contributed by atoms with van der Waals surface area (Å²) >= 11 is 0. The van der Waals surface area contributed by atoms with E-state index in [0.29, 0.717) is 6.54 Å². The van der Waals surface area contributed by atoms with E-state index in [-0.39, 0.29) is 18.1 Å². The summed E-state index contributed by atoms with van der Waals surface area (Å²) in [6.07, 6.45) is 2.51. The van der Waals surface area contributed by atoms with E-state index < -0.39 is 0 Å². The number of rotatable bonds is 5. The summed E-state index contributed by atoms with van der Waals surface area (Å²) in [5.41, 5.74) is 3.71. The van der Waals surface area contributed by atoms with Crippen molar-refractivity contribution in [1.82, 2.24) is 14.5 Å². The maximum absolute atomic E-state index is 12.4. The topological polar surface area (TPSA) is 59.3 Å². The molecule has 140 valence electrons. The second-order valence-electron chi connectivity index (χ2n) is 7.05. The van der Waals surface area contributed by atoms with Gasteiger partial charge in [0.15, 0.2) is 0 Å². The lowest BCUT2D eigenvalue weighted by atomic mass is 10.2. The molecule has 0 bridgehead atoms. The standard InChI is InChI=1S/C21H24N4O2/c1-23-18-6-2-3-7-19(18)25(21(23)27)15-20(26)22-14-16-8-10-17(11-9-16)24-12-4-5-13-24/h2-3,6-11H,4-5,12-15H2,1H3,(H,22,26). The van der Waals surface area contributed by atoms with Crippen molar-refractivity contribution in [2.75, 3.05) is 18.0 Å². The van der Waals surface area contributed by atoms with Gasteiger partial charge in [0.25, 0.3) is 0 Å². The molecule has 1 saturated heterocycles.